The van der Waals surface area contributed by atoms with E-state index in [0.29, 0.717) is 0 Å². The smallest absolute Gasteiger partial charge is 0.128 e. The molecule has 3 N–H and O–H groups in total. The minimum absolute atomic E-state index is 0. The van der Waals surface area contributed by atoms with E-state index in [1.165, 1.54) is 0 Å². The molecule has 0 saturated carbocycles. The van der Waals surface area contributed by atoms with Crippen LogP contribution in [0.3, 0.4) is 0 Å². The maximum absolute atomic E-state index is 10.2. The molecule has 0 aromatic heterocycles. The fourth-order valence-electron chi connectivity index (χ4n) is 2.25. The van der Waals surface area contributed by atoms with Crippen molar-refractivity contribution < 1.29 is 9.84 Å². The Bertz CT molecular complexity index is 432. The van der Waals surface area contributed by atoms with Crippen LogP contribution in [-0.4, -0.2) is 16.7 Å². The average molecular weight is 258 g/mol. The molecule has 3 nitrogen and oxygen atoms in total. The lowest BCUT2D eigenvalue weighted by Crippen LogP contribution is -2.54. The second-order valence-electron chi connectivity index (χ2n) is 5.18. The highest BCUT2D eigenvalue weighted by Gasteiger charge is 2.41. The summed E-state index contributed by atoms with van der Waals surface area (Å²) in [6.45, 7) is 7.81. The highest BCUT2D eigenvalue weighted by molar-refractivity contribution is 5.85. The summed E-state index contributed by atoms with van der Waals surface area (Å²) < 4.78 is 5.90. The van der Waals surface area contributed by atoms with E-state index in [1.807, 2.05) is 33.8 Å². The van der Waals surface area contributed by atoms with Crippen LogP contribution in [0.4, 0.5) is 0 Å². The SMILES string of the molecule is Cc1cc(C)c2c(c1)C(O)C(N)C(C)(C)O2.Cl. The van der Waals surface area contributed by atoms with Crippen molar-refractivity contribution in [1.82, 2.24) is 0 Å². The molecular weight excluding hydrogens is 238 g/mol. The van der Waals surface area contributed by atoms with Crippen LogP contribution >= 0.6 is 12.4 Å². The van der Waals surface area contributed by atoms with Crippen LogP contribution < -0.4 is 10.5 Å². The van der Waals surface area contributed by atoms with Crippen molar-refractivity contribution in [2.75, 3.05) is 0 Å². The van der Waals surface area contributed by atoms with Crippen LogP contribution in [0.2, 0.25) is 0 Å². The minimum atomic E-state index is -0.655. The van der Waals surface area contributed by atoms with Gasteiger partial charge in [0.2, 0.25) is 0 Å². The van der Waals surface area contributed by atoms with Gasteiger partial charge < -0.3 is 15.6 Å². The van der Waals surface area contributed by atoms with Gasteiger partial charge in [0.05, 0.1) is 6.04 Å². The average Bonchev–Trinajstić information content (AvgIpc) is 2.17. The van der Waals surface area contributed by atoms with Crippen molar-refractivity contribution in [3.05, 3.63) is 28.8 Å². The van der Waals surface area contributed by atoms with Gasteiger partial charge in [0, 0.05) is 5.56 Å². The lowest BCUT2D eigenvalue weighted by atomic mass is 9.85. The van der Waals surface area contributed by atoms with E-state index < -0.39 is 17.7 Å². The molecule has 1 heterocycles. The summed E-state index contributed by atoms with van der Waals surface area (Å²) in [6, 6.07) is 3.60. The molecular formula is C13H20ClNO2. The Balaban J connectivity index is 0.00000144. The summed E-state index contributed by atoms with van der Waals surface area (Å²) in [5.74, 6) is 0.782. The number of aliphatic hydroxyl groups is 1. The first kappa shape index (κ1) is 14.3. The first-order valence-corrected chi connectivity index (χ1v) is 5.57. The van der Waals surface area contributed by atoms with Gasteiger partial charge in [-0.2, -0.15) is 0 Å². The van der Waals surface area contributed by atoms with Crippen molar-refractivity contribution in [2.45, 2.75) is 45.4 Å². The second-order valence-corrected chi connectivity index (χ2v) is 5.18. The van der Waals surface area contributed by atoms with Crippen LogP contribution in [0.15, 0.2) is 12.1 Å². The molecule has 1 aliphatic rings. The number of benzene rings is 1. The van der Waals surface area contributed by atoms with Gasteiger partial charge in [0.1, 0.15) is 17.5 Å². The quantitative estimate of drug-likeness (QED) is 0.750. The number of aryl methyl sites for hydroxylation is 2. The van der Waals surface area contributed by atoms with Crippen molar-refractivity contribution in [3.63, 3.8) is 0 Å². The number of hydrogen-bond acceptors (Lipinski definition) is 3. The molecule has 0 amide bonds. The van der Waals surface area contributed by atoms with Gasteiger partial charge in [-0.05, 0) is 39.3 Å². The Hall–Kier alpha value is -0.770. The van der Waals surface area contributed by atoms with E-state index in [9.17, 15) is 5.11 Å². The highest BCUT2D eigenvalue weighted by Crippen LogP contribution is 2.41. The lowest BCUT2D eigenvalue weighted by Gasteiger charge is -2.41. The van der Waals surface area contributed by atoms with Crippen molar-refractivity contribution >= 4 is 12.4 Å². The fraction of sp³-hybridized carbons (Fsp3) is 0.538. The predicted molar refractivity (Wildman–Crippen MR) is 70.8 cm³/mol. The third-order valence-electron chi connectivity index (χ3n) is 3.27. The Kier molecular flexibility index (Phi) is 3.77. The zero-order valence-electron chi connectivity index (χ0n) is 10.7. The van der Waals surface area contributed by atoms with Crippen molar-refractivity contribution in [3.8, 4) is 5.75 Å². The number of aliphatic hydroxyl groups excluding tert-OH is 1. The molecule has 2 atom stereocenters. The summed E-state index contributed by atoms with van der Waals surface area (Å²) in [4.78, 5) is 0. The summed E-state index contributed by atoms with van der Waals surface area (Å²) in [5.41, 5.74) is 8.44. The lowest BCUT2D eigenvalue weighted by molar-refractivity contribution is -0.0123. The number of hydrogen-bond donors (Lipinski definition) is 2. The van der Waals surface area contributed by atoms with Crippen LogP contribution in [0.1, 0.15) is 36.6 Å². The number of ether oxygens (including phenoxy) is 1. The molecule has 17 heavy (non-hydrogen) atoms. The molecule has 0 saturated heterocycles. The summed E-state index contributed by atoms with van der Waals surface area (Å²) in [5, 5.41) is 10.2. The second kappa shape index (κ2) is 4.48. The maximum atomic E-state index is 10.2. The van der Waals surface area contributed by atoms with E-state index in [4.69, 9.17) is 10.5 Å². The van der Waals surface area contributed by atoms with Gasteiger partial charge in [0.25, 0.3) is 0 Å². The topological polar surface area (TPSA) is 55.5 Å². The van der Waals surface area contributed by atoms with E-state index in [1.54, 1.807) is 0 Å². The zero-order valence-corrected chi connectivity index (χ0v) is 11.5. The van der Waals surface area contributed by atoms with Gasteiger partial charge in [-0.25, -0.2) is 0 Å². The molecule has 0 spiro atoms. The normalized spacial score (nSPS) is 25.5. The standard InChI is InChI=1S/C13H19NO2.ClH/c1-7-5-8(2)11-9(6-7)10(15)12(14)13(3,4)16-11;/h5-6,10,12,15H,14H2,1-4H3;1H. The molecule has 0 aliphatic carbocycles. The Morgan fingerprint density at radius 2 is 1.88 bits per heavy atom. The van der Waals surface area contributed by atoms with E-state index in [-0.39, 0.29) is 12.4 Å². The molecule has 0 radical (unpaired) electrons. The van der Waals surface area contributed by atoms with E-state index in [2.05, 4.69) is 6.07 Å². The van der Waals surface area contributed by atoms with Crippen molar-refractivity contribution in [2.24, 2.45) is 5.73 Å². The summed E-state index contributed by atoms with van der Waals surface area (Å²) in [7, 11) is 0. The zero-order chi connectivity index (χ0) is 12.1. The minimum Gasteiger partial charge on any atom is -0.485 e. The molecule has 1 aromatic carbocycles. The highest BCUT2D eigenvalue weighted by atomic mass is 35.5. The molecule has 2 unspecified atom stereocenters. The first-order chi connectivity index (χ1) is 7.33. The van der Waals surface area contributed by atoms with Gasteiger partial charge in [-0.15, -0.1) is 12.4 Å². The van der Waals surface area contributed by atoms with E-state index in [0.717, 1.165) is 22.4 Å². The largest absolute Gasteiger partial charge is 0.485 e. The van der Waals surface area contributed by atoms with Crippen LogP contribution in [0.25, 0.3) is 0 Å². The Morgan fingerprint density at radius 3 is 2.47 bits per heavy atom. The van der Waals surface area contributed by atoms with Gasteiger partial charge in [0.15, 0.2) is 0 Å². The van der Waals surface area contributed by atoms with Gasteiger partial charge >= 0.3 is 0 Å². The Morgan fingerprint density at radius 1 is 1.29 bits per heavy atom. The van der Waals surface area contributed by atoms with Crippen molar-refractivity contribution in [1.29, 1.82) is 0 Å². The third-order valence-corrected chi connectivity index (χ3v) is 3.27. The Labute approximate surface area is 108 Å². The predicted octanol–water partition coefficient (Wildman–Crippen LogP) is 2.26. The van der Waals surface area contributed by atoms with E-state index >= 15 is 0 Å². The number of fused-ring (bicyclic) bond motifs is 1. The van der Waals surface area contributed by atoms with Crippen LogP contribution in [0.5, 0.6) is 5.75 Å². The van der Waals surface area contributed by atoms with Crippen LogP contribution in [0, 0.1) is 13.8 Å². The molecule has 96 valence electrons. The molecule has 0 bridgehead atoms. The first-order valence-electron chi connectivity index (χ1n) is 5.57. The fourth-order valence-corrected chi connectivity index (χ4v) is 2.25. The molecule has 0 fully saturated rings. The number of nitrogens with two attached hydrogens (primary N) is 1. The molecule has 1 aromatic rings. The molecule has 4 heteroatoms. The van der Waals surface area contributed by atoms with Crippen LogP contribution in [-0.2, 0) is 0 Å². The summed E-state index contributed by atoms with van der Waals surface area (Å²) >= 11 is 0. The van der Waals surface area contributed by atoms with Gasteiger partial charge in [-0.3, -0.25) is 0 Å². The third kappa shape index (κ3) is 2.28. The number of rotatable bonds is 0. The molecule has 1 aliphatic heterocycles. The summed E-state index contributed by atoms with van der Waals surface area (Å²) in [6.07, 6.45) is -0.655. The molecule has 2 rings (SSSR count). The number of halogens is 1. The van der Waals surface area contributed by atoms with Gasteiger partial charge in [-0.1, -0.05) is 11.6 Å². The maximum Gasteiger partial charge on any atom is 0.128 e. The monoisotopic (exact) mass is 257 g/mol.